The van der Waals surface area contributed by atoms with Gasteiger partial charge in [-0.15, -0.1) is 0 Å². The van der Waals surface area contributed by atoms with Crippen molar-refractivity contribution in [2.45, 2.75) is 65.4 Å². The lowest BCUT2D eigenvalue weighted by atomic mass is 9.98. The predicted octanol–water partition coefficient (Wildman–Crippen LogP) is 7.26. The summed E-state index contributed by atoms with van der Waals surface area (Å²) in [6.07, 6.45) is 5.93. The second-order valence-electron chi connectivity index (χ2n) is 10.9. The van der Waals surface area contributed by atoms with Crippen LogP contribution in [0.2, 0.25) is 0 Å². The third kappa shape index (κ3) is 8.98. The molecule has 1 heterocycles. The number of Topliss-reactive ketones (excluding diaryl/α,β-unsaturated/α-hetero) is 1. The first kappa shape index (κ1) is 31.4. The molecule has 3 aromatic rings. The lowest BCUT2D eigenvalue weighted by Crippen LogP contribution is -2.34. The first-order valence-electron chi connectivity index (χ1n) is 15.2. The maximum absolute atomic E-state index is 13.2. The van der Waals surface area contributed by atoms with E-state index in [1.54, 1.807) is 0 Å². The van der Waals surface area contributed by atoms with Crippen LogP contribution in [0, 0.1) is 0 Å². The van der Waals surface area contributed by atoms with Crippen LogP contribution in [0.4, 0.5) is 5.69 Å². The fourth-order valence-electron chi connectivity index (χ4n) is 5.12. The highest BCUT2D eigenvalue weighted by atomic mass is 16.5. The molecule has 1 aliphatic rings. The number of carbonyl (C=O) groups is 3. The van der Waals surface area contributed by atoms with Gasteiger partial charge in [0.25, 0.3) is 0 Å². The summed E-state index contributed by atoms with van der Waals surface area (Å²) >= 11 is 0. The molecule has 2 N–H and O–H groups in total. The number of esters is 1. The van der Waals surface area contributed by atoms with E-state index in [1.807, 2.05) is 83.8 Å². The van der Waals surface area contributed by atoms with E-state index in [4.69, 9.17) is 10.5 Å². The molecule has 0 spiro atoms. The summed E-state index contributed by atoms with van der Waals surface area (Å²) in [4.78, 5) is 44.5. The topological polar surface area (TPSA) is 102 Å². The average molecular weight is 580 g/mol. The van der Waals surface area contributed by atoms with Crippen LogP contribution in [-0.2, 0) is 20.9 Å². The van der Waals surface area contributed by atoms with Crippen molar-refractivity contribution in [2.24, 2.45) is 10.7 Å². The molecule has 3 aromatic carbocycles. The van der Waals surface area contributed by atoms with Crippen LogP contribution < -0.4 is 5.73 Å². The van der Waals surface area contributed by atoms with Gasteiger partial charge in [0.05, 0.1) is 5.69 Å². The zero-order chi connectivity index (χ0) is 30.6. The number of nitrogens with two attached hydrogens (primary N) is 1. The van der Waals surface area contributed by atoms with E-state index in [9.17, 15) is 14.4 Å². The number of rotatable bonds is 14. The number of ketones is 1. The molecule has 0 fully saturated rings. The van der Waals surface area contributed by atoms with Gasteiger partial charge in [0.15, 0.2) is 5.78 Å². The zero-order valence-corrected chi connectivity index (χ0v) is 25.2. The van der Waals surface area contributed by atoms with Gasteiger partial charge in [-0.05, 0) is 54.5 Å². The third-order valence-corrected chi connectivity index (χ3v) is 7.36. The Kier molecular flexibility index (Phi) is 11.4. The second kappa shape index (κ2) is 15.6. The van der Waals surface area contributed by atoms with Crippen molar-refractivity contribution in [1.29, 1.82) is 0 Å². The summed E-state index contributed by atoms with van der Waals surface area (Å²) in [6.45, 7) is 5.84. The van der Waals surface area contributed by atoms with Gasteiger partial charge in [0, 0.05) is 49.1 Å². The Labute approximate surface area is 254 Å². The van der Waals surface area contributed by atoms with Crippen molar-refractivity contribution >= 4 is 35.3 Å². The van der Waals surface area contributed by atoms with E-state index in [0.717, 1.165) is 53.9 Å². The van der Waals surface area contributed by atoms with Crippen LogP contribution in [-0.4, -0.2) is 41.5 Å². The quantitative estimate of drug-likeness (QED) is 0.123. The van der Waals surface area contributed by atoms with Gasteiger partial charge in [0.1, 0.15) is 12.4 Å². The summed E-state index contributed by atoms with van der Waals surface area (Å²) in [6, 6.07) is 23.0. The molecule has 0 aliphatic carbocycles. The molecule has 0 saturated heterocycles. The third-order valence-electron chi connectivity index (χ3n) is 7.36. The van der Waals surface area contributed by atoms with Crippen LogP contribution in [0.25, 0.3) is 17.2 Å². The zero-order valence-electron chi connectivity index (χ0n) is 25.2. The molecule has 0 atom stereocenters. The van der Waals surface area contributed by atoms with E-state index in [2.05, 4.69) is 18.8 Å². The number of benzene rings is 3. The minimum atomic E-state index is -0.249. The summed E-state index contributed by atoms with van der Waals surface area (Å²) in [5.41, 5.74) is 12.0. The monoisotopic (exact) mass is 579 g/mol. The molecule has 7 heteroatoms. The van der Waals surface area contributed by atoms with Crippen molar-refractivity contribution in [3.05, 3.63) is 95.1 Å². The minimum Gasteiger partial charge on any atom is -0.461 e. The normalized spacial score (nSPS) is 12.4. The van der Waals surface area contributed by atoms with Gasteiger partial charge in [-0.2, -0.15) is 0 Å². The number of amides is 1. The molecule has 0 saturated carbocycles. The number of ether oxygens (including phenoxy) is 1. The summed E-state index contributed by atoms with van der Waals surface area (Å²) in [7, 11) is 0. The molecule has 4 rings (SSSR count). The molecule has 0 aromatic heterocycles. The molecule has 1 aliphatic heterocycles. The lowest BCUT2D eigenvalue weighted by molar-refractivity contribution is -0.145. The molecule has 224 valence electrons. The Hall–Kier alpha value is -4.52. The molecule has 7 nitrogen and oxygen atoms in total. The molecular formula is C36H41N3O4. The highest BCUT2D eigenvalue weighted by molar-refractivity contribution is 6.05. The van der Waals surface area contributed by atoms with Gasteiger partial charge >= 0.3 is 5.97 Å². The van der Waals surface area contributed by atoms with Crippen molar-refractivity contribution in [3.63, 3.8) is 0 Å². The van der Waals surface area contributed by atoms with E-state index in [0.29, 0.717) is 49.1 Å². The van der Waals surface area contributed by atoms with Gasteiger partial charge in [-0.25, -0.2) is 4.99 Å². The maximum atomic E-state index is 13.2. The van der Waals surface area contributed by atoms with E-state index in [-0.39, 0.29) is 24.3 Å². The van der Waals surface area contributed by atoms with E-state index < -0.39 is 0 Å². The van der Waals surface area contributed by atoms with Crippen molar-refractivity contribution in [3.8, 4) is 11.1 Å². The van der Waals surface area contributed by atoms with Crippen LogP contribution in [0.15, 0.2) is 83.4 Å². The largest absolute Gasteiger partial charge is 0.461 e. The first-order valence-corrected chi connectivity index (χ1v) is 15.2. The smallest absolute Gasteiger partial charge is 0.306 e. The fraction of sp³-hybridized carbons (Fsp3) is 0.333. The average Bonchev–Trinajstić information content (AvgIpc) is 3.19. The highest BCUT2D eigenvalue weighted by Gasteiger charge is 2.21. The summed E-state index contributed by atoms with van der Waals surface area (Å²) in [5.74, 6) is 0.225. The second-order valence-corrected chi connectivity index (χ2v) is 10.9. The van der Waals surface area contributed by atoms with Crippen LogP contribution in [0.1, 0.15) is 80.3 Å². The fourth-order valence-corrected chi connectivity index (χ4v) is 5.12. The van der Waals surface area contributed by atoms with E-state index in [1.165, 1.54) is 0 Å². The summed E-state index contributed by atoms with van der Waals surface area (Å²) < 4.78 is 5.31. The molecule has 0 bridgehead atoms. The van der Waals surface area contributed by atoms with Gasteiger partial charge < -0.3 is 15.4 Å². The summed E-state index contributed by atoms with van der Waals surface area (Å²) in [5, 5.41) is 0. The number of carbonyl (C=O) groups excluding carboxylic acids is 3. The van der Waals surface area contributed by atoms with Gasteiger partial charge in [-0.3, -0.25) is 14.4 Å². The van der Waals surface area contributed by atoms with Crippen molar-refractivity contribution < 1.29 is 19.1 Å². The Morgan fingerprint density at radius 1 is 0.860 bits per heavy atom. The molecule has 0 unspecified atom stereocenters. The first-order chi connectivity index (χ1) is 20.9. The predicted molar refractivity (Wildman–Crippen MR) is 172 cm³/mol. The number of nitrogens with zero attached hydrogens (tertiary/aromatic N) is 2. The highest BCUT2D eigenvalue weighted by Crippen LogP contribution is 2.32. The Balaban J connectivity index is 1.33. The van der Waals surface area contributed by atoms with Crippen LogP contribution in [0.3, 0.4) is 0 Å². The molecular weight excluding hydrogens is 538 g/mol. The number of aliphatic imine (C=N–C) groups is 1. The van der Waals surface area contributed by atoms with Crippen LogP contribution in [0.5, 0.6) is 0 Å². The maximum Gasteiger partial charge on any atom is 0.306 e. The van der Waals surface area contributed by atoms with Gasteiger partial charge in [0.2, 0.25) is 5.91 Å². The number of fused-ring (bicyclic) bond motifs is 1. The Morgan fingerprint density at radius 2 is 1.53 bits per heavy atom. The standard InChI is InChI=1S/C36H41N3O4/c1-3-20-39(21-4-2)36(42)31-22-30-19-18-29(23-32(30)38-34(37)24-31)27-14-16-28(17-15-27)33(40)12-8-9-13-35(41)43-25-26-10-6-5-7-11-26/h5-7,10-11,14-19,22-23H,3-4,8-9,12-13,20-21,24-25H2,1-2H3,(H2,37,38). The SMILES string of the molecule is CCCN(CCC)C(=O)C1=Cc2ccc(-c3ccc(C(=O)CCCCC(=O)OCc4ccccc4)cc3)cc2N=C(N)C1. The van der Waals surface area contributed by atoms with Gasteiger partial charge in [-0.1, -0.05) is 80.6 Å². The van der Waals surface area contributed by atoms with Crippen molar-refractivity contribution in [2.75, 3.05) is 13.1 Å². The number of unbranched alkanes of at least 4 members (excludes halogenated alkanes) is 1. The number of hydrogen-bond acceptors (Lipinski definition) is 6. The van der Waals surface area contributed by atoms with E-state index >= 15 is 0 Å². The number of hydrogen-bond donors (Lipinski definition) is 1. The molecule has 1 amide bonds. The Bertz CT molecular complexity index is 1470. The lowest BCUT2D eigenvalue weighted by Gasteiger charge is -2.22. The molecule has 0 radical (unpaired) electrons. The number of amidine groups is 1. The van der Waals surface area contributed by atoms with Crippen LogP contribution >= 0.6 is 0 Å². The van der Waals surface area contributed by atoms with Crippen molar-refractivity contribution in [1.82, 2.24) is 4.90 Å². The minimum absolute atomic E-state index is 0.0158. The molecule has 43 heavy (non-hydrogen) atoms. The Morgan fingerprint density at radius 3 is 2.23 bits per heavy atom.